The number of aliphatic hydroxyl groups is 1. The van der Waals surface area contributed by atoms with Gasteiger partial charge in [-0.3, -0.25) is 4.79 Å². The third-order valence-electron chi connectivity index (χ3n) is 4.33. The van der Waals surface area contributed by atoms with Crippen molar-refractivity contribution >= 4 is 5.91 Å². The van der Waals surface area contributed by atoms with E-state index in [2.05, 4.69) is 10.2 Å². The Morgan fingerprint density at radius 2 is 1.96 bits per heavy atom. The molecule has 0 radical (unpaired) electrons. The number of hydrogen-bond acceptors (Lipinski definition) is 3. The molecule has 6 heteroatoms. The Morgan fingerprint density at radius 3 is 2.57 bits per heavy atom. The highest BCUT2D eigenvalue weighted by molar-refractivity contribution is 5.83. The Kier molecular flexibility index (Phi) is 6.47. The van der Waals surface area contributed by atoms with Gasteiger partial charge in [0.15, 0.2) is 0 Å². The third kappa shape index (κ3) is 4.97. The average molecular weight is 326 g/mol. The Morgan fingerprint density at radius 1 is 1.35 bits per heavy atom. The highest BCUT2D eigenvalue weighted by Gasteiger charge is 2.22. The molecule has 0 aliphatic carbocycles. The lowest BCUT2D eigenvalue weighted by atomic mass is 9.99. The van der Waals surface area contributed by atoms with Crippen LogP contribution in [0.25, 0.3) is 0 Å². The lowest BCUT2D eigenvalue weighted by molar-refractivity contribution is -0.122. The highest BCUT2D eigenvalue weighted by Crippen LogP contribution is 2.22. The number of halogens is 2. The Hall–Kier alpha value is -1.53. The van der Waals surface area contributed by atoms with Crippen LogP contribution in [-0.4, -0.2) is 48.2 Å². The van der Waals surface area contributed by atoms with E-state index in [9.17, 15) is 18.7 Å². The second-order valence-electron chi connectivity index (χ2n) is 6.07. The number of nitrogens with zero attached hydrogens (tertiary/aromatic N) is 1. The summed E-state index contributed by atoms with van der Waals surface area (Å²) < 4.78 is 27.4. The van der Waals surface area contributed by atoms with Gasteiger partial charge in [-0.15, -0.1) is 0 Å². The SMILES string of the molecule is CC(C(=O)NCCCN1CCC(O)CC1)c1c(F)cccc1F. The van der Waals surface area contributed by atoms with Crippen molar-refractivity contribution in [1.29, 1.82) is 0 Å². The van der Waals surface area contributed by atoms with Crippen LogP contribution in [0.15, 0.2) is 18.2 Å². The summed E-state index contributed by atoms with van der Waals surface area (Å²) in [6.07, 6.45) is 2.16. The predicted octanol–water partition coefficient (Wildman–Crippen LogP) is 2.03. The zero-order valence-electron chi connectivity index (χ0n) is 13.4. The molecule has 1 unspecified atom stereocenters. The first-order valence-electron chi connectivity index (χ1n) is 8.11. The number of amides is 1. The minimum absolute atomic E-state index is 0.185. The normalized spacial score (nSPS) is 17.9. The standard InChI is InChI=1S/C17H24F2N2O2/c1-12(16-14(18)4-2-5-15(16)19)17(23)20-8-3-9-21-10-6-13(22)7-11-21/h2,4-5,12-13,22H,3,6-11H2,1H3,(H,20,23). The van der Waals surface area contributed by atoms with Crippen LogP contribution in [0.1, 0.15) is 37.7 Å². The van der Waals surface area contributed by atoms with Gasteiger partial charge in [0.2, 0.25) is 5.91 Å². The van der Waals surface area contributed by atoms with Crippen molar-refractivity contribution < 1.29 is 18.7 Å². The third-order valence-corrected chi connectivity index (χ3v) is 4.33. The first-order valence-corrected chi connectivity index (χ1v) is 8.11. The first-order chi connectivity index (χ1) is 11.0. The number of hydrogen-bond donors (Lipinski definition) is 2. The minimum atomic E-state index is -0.860. The Bertz CT molecular complexity index is 511. The van der Waals surface area contributed by atoms with Crippen LogP contribution >= 0.6 is 0 Å². The molecule has 1 atom stereocenters. The van der Waals surface area contributed by atoms with Crippen LogP contribution in [0.2, 0.25) is 0 Å². The second kappa shape index (κ2) is 8.36. The summed E-state index contributed by atoms with van der Waals surface area (Å²) >= 11 is 0. The van der Waals surface area contributed by atoms with Crippen molar-refractivity contribution in [2.75, 3.05) is 26.2 Å². The second-order valence-corrected chi connectivity index (χ2v) is 6.07. The highest BCUT2D eigenvalue weighted by atomic mass is 19.1. The summed E-state index contributed by atoms with van der Waals surface area (Å²) in [6, 6.07) is 3.61. The summed E-state index contributed by atoms with van der Waals surface area (Å²) in [7, 11) is 0. The van der Waals surface area contributed by atoms with Crippen molar-refractivity contribution in [1.82, 2.24) is 10.2 Å². The topological polar surface area (TPSA) is 52.6 Å². The van der Waals surface area contributed by atoms with Gasteiger partial charge in [0.25, 0.3) is 0 Å². The number of aliphatic hydroxyl groups excluding tert-OH is 1. The molecule has 1 aliphatic heterocycles. The predicted molar refractivity (Wildman–Crippen MR) is 84.1 cm³/mol. The summed E-state index contributed by atoms with van der Waals surface area (Å²) in [5.74, 6) is -2.62. The Balaban J connectivity index is 1.74. The van der Waals surface area contributed by atoms with Gasteiger partial charge in [-0.2, -0.15) is 0 Å². The number of likely N-dealkylation sites (tertiary alicyclic amines) is 1. The number of benzene rings is 1. The number of carbonyl (C=O) groups is 1. The number of carbonyl (C=O) groups excluding carboxylic acids is 1. The van der Waals surface area contributed by atoms with Crippen LogP contribution in [-0.2, 0) is 4.79 Å². The van der Waals surface area contributed by atoms with Crippen LogP contribution < -0.4 is 5.32 Å². The van der Waals surface area contributed by atoms with Gasteiger partial charge < -0.3 is 15.3 Å². The Labute approximate surface area is 135 Å². The van der Waals surface area contributed by atoms with E-state index in [0.29, 0.717) is 6.54 Å². The van der Waals surface area contributed by atoms with Gasteiger partial charge >= 0.3 is 0 Å². The number of nitrogens with one attached hydrogen (secondary N) is 1. The average Bonchev–Trinajstić information content (AvgIpc) is 2.52. The van der Waals surface area contributed by atoms with Crippen LogP contribution in [0.3, 0.4) is 0 Å². The van der Waals surface area contributed by atoms with Crippen molar-refractivity contribution in [2.24, 2.45) is 0 Å². The van der Waals surface area contributed by atoms with Crippen molar-refractivity contribution in [3.05, 3.63) is 35.4 Å². The molecule has 0 aromatic heterocycles. The van der Waals surface area contributed by atoms with Gasteiger partial charge in [0.1, 0.15) is 11.6 Å². The van der Waals surface area contributed by atoms with E-state index in [4.69, 9.17) is 0 Å². The molecular formula is C17H24F2N2O2. The van der Waals surface area contributed by atoms with E-state index in [1.807, 2.05) is 0 Å². The van der Waals surface area contributed by atoms with E-state index in [-0.39, 0.29) is 17.6 Å². The van der Waals surface area contributed by atoms with Crippen LogP contribution in [0.5, 0.6) is 0 Å². The molecule has 1 fully saturated rings. The molecule has 1 aromatic rings. The largest absolute Gasteiger partial charge is 0.393 e. The molecule has 2 N–H and O–H groups in total. The van der Waals surface area contributed by atoms with Gasteiger partial charge in [-0.1, -0.05) is 6.07 Å². The number of rotatable bonds is 6. The molecule has 0 bridgehead atoms. The van der Waals surface area contributed by atoms with E-state index >= 15 is 0 Å². The monoisotopic (exact) mass is 326 g/mol. The van der Waals surface area contributed by atoms with E-state index in [1.54, 1.807) is 0 Å². The van der Waals surface area contributed by atoms with Crippen LogP contribution in [0.4, 0.5) is 8.78 Å². The zero-order chi connectivity index (χ0) is 16.8. The molecule has 0 spiro atoms. The smallest absolute Gasteiger partial charge is 0.227 e. The zero-order valence-corrected chi connectivity index (χ0v) is 13.4. The van der Waals surface area contributed by atoms with Crippen molar-refractivity contribution in [3.8, 4) is 0 Å². The maximum Gasteiger partial charge on any atom is 0.227 e. The first kappa shape index (κ1) is 17.8. The van der Waals surface area contributed by atoms with Gasteiger partial charge in [0, 0.05) is 25.2 Å². The summed E-state index contributed by atoms with van der Waals surface area (Å²) in [5.41, 5.74) is -0.185. The fourth-order valence-electron chi connectivity index (χ4n) is 2.87. The molecule has 1 aromatic carbocycles. The molecular weight excluding hydrogens is 302 g/mol. The maximum absolute atomic E-state index is 13.7. The molecule has 2 rings (SSSR count). The lowest BCUT2D eigenvalue weighted by Gasteiger charge is -2.29. The van der Waals surface area contributed by atoms with E-state index in [1.165, 1.54) is 13.0 Å². The molecule has 128 valence electrons. The number of piperidine rings is 1. The van der Waals surface area contributed by atoms with Crippen molar-refractivity contribution in [3.63, 3.8) is 0 Å². The minimum Gasteiger partial charge on any atom is -0.393 e. The maximum atomic E-state index is 13.7. The molecule has 1 amide bonds. The fourth-order valence-corrected chi connectivity index (χ4v) is 2.87. The summed E-state index contributed by atoms with van der Waals surface area (Å²) in [4.78, 5) is 14.3. The van der Waals surface area contributed by atoms with E-state index < -0.39 is 17.6 Å². The molecule has 1 saturated heterocycles. The summed E-state index contributed by atoms with van der Waals surface area (Å²) in [6.45, 7) is 4.55. The molecule has 23 heavy (non-hydrogen) atoms. The van der Waals surface area contributed by atoms with Crippen molar-refractivity contribution in [2.45, 2.75) is 38.2 Å². The van der Waals surface area contributed by atoms with E-state index in [0.717, 1.165) is 51.0 Å². The lowest BCUT2D eigenvalue weighted by Crippen LogP contribution is -2.38. The van der Waals surface area contributed by atoms with Gasteiger partial charge in [-0.05, 0) is 44.9 Å². The quantitative estimate of drug-likeness (QED) is 0.787. The molecule has 4 nitrogen and oxygen atoms in total. The summed E-state index contributed by atoms with van der Waals surface area (Å²) in [5, 5.41) is 12.2. The fraction of sp³-hybridized carbons (Fsp3) is 0.588. The van der Waals surface area contributed by atoms with Gasteiger partial charge in [-0.25, -0.2) is 8.78 Å². The molecule has 1 aliphatic rings. The molecule has 1 heterocycles. The molecule has 0 saturated carbocycles. The van der Waals surface area contributed by atoms with Crippen LogP contribution in [0, 0.1) is 11.6 Å². The van der Waals surface area contributed by atoms with Gasteiger partial charge in [0.05, 0.1) is 12.0 Å².